The minimum atomic E-state index is -0.876. The Morgan fingerprint density at radius 3 is 2.56 bits per heavy atom. The predicted octanol–water partition coefficient (Wildman–Crippen LogP) is 5.61. The fourth-order valence-corrected chi connectivity index (χ4v) is 3.83. The number of anilines is 1. The van der Waals surface area contributed by atoms with Crippen LogP contribution < -0.4 is 4.90 Å². The Morgan fingerprint density at radius 2 is 1.92 bits per heavy atom. The van der Waals surface area contributed by atoms with Gasteiger partial charge in [-0.25, -0.2) is 8.78 Å². The third-order valence-corrected chi connectivity index (χ3v) is 5.05. The van der Waals surface area contributed by atoms with Gasteiger partial charge < -0.3 is 4.90 Å². The standard InChI is InChI=1S/C19H17Cl2F2NO/c1-19(2)14-4-3-5-15(23)17(14)24(18(19)25)16(6-7-20)11-8-12(21)10-13(22)9-11/h3-5,8-10,16H,6-7H2,1-2H3/t16-/m1/s1. The molecule has 3 rings (SSSR count). The molecule has 0 aromatic heterocycles. The minimum Gasteiger partial charge on any atom is -0.301 e. The number of carbonyl (C=O) groups is 1. The van der Waals surface area contributed by atoms with E-state index >= 15 is 0 Å². The van der Waals surface area contributed by atoms with Gasteiger partial charge in [0.1, 0.15) is 11.6 Å². The smallest absolute Gasteiger partial charge is 0.237 e. The van der Waals surface area contributed by atoms with E-state index in [0.29, 0.717) is 17.5 Å². The van der Waals surface area contributed by atoms with E-state index in [-0.39, 0.29) is 22.5 Å². The molecule has 1 atom stereocenters. The molecule has 2 nitrogen and oxygen atoms in total. The number of carbonyl (C=O) groups excluding carboxylic acids is 1. The van der Waals surface area contributed by atoms with Crippen LogP contribution in [0.1, 0.15) is 37.4 Å². The molecule has 0 radical (unpaired) electrons. The fourth-order valence-electron chi connectivity index (χ4n) is 3.40. The van der Waals surface area contributed by atoms with Crippen LogP contribution in [-0.2, 0) is 10.2 Å². The summed E-state index contributed by atoms with van der Waals surface area (Å²) in [6, 6.07) is 8.12. The van der Waals surface area contributed by atoms with Gasteiger partial charge in [-0.1, -0.05) is 23.7 Å². The fraction of sp³-hybridized carbons (Fsp3) is 0.316. The van der Waals surface area contributed by atoms with Crippen molar-refractivity contribution >= 4 is 34.8 Å². The first-order valence-electron chi connectivity index (χ1n) is 7.92. The zero-order valence-electron chi connectivity index (χ0n) is 13.8. The number of alkyl halides is 1. The van der Waals surface area contributed by atoms with Gasteiger partial charge >= 0.3 is 0 Å². The molecule has 0 aliphatic carbocycles. The topological polar surface area (TPSA) is 20.3 Å². The van der Waals surface area contributed by atoms with Gasteiger partial charge in [0.05, 0.1) is 17.1 Å². The number of fused-ring (bicyclic) bond motifs is 1. The number of nitrogens with zero attached hydrogens (tertiary/aromatic N) is 1. The van der Waals surface area contributed by atoms with Crippen molar-refractivity contribution in [3.63, 3.8) is 0 Å². The monoisotopic (exact) mass is 383 g/mol. The van der Waals surface area contributed by atoms with E-state index in [4.69, 9.17) is 23.2 Å². The minimum absolute atomic E-state index is 0.217. The molecule has 0 spiro atoms. The van der Waals surface area contributed by atoms with Gasteiger partial charge in [0, 0.05) is 10.9 Å². The van der Waals surface area contributed by atoms with Crippen LogP contribution in [0.25, 0.3) is 0 Å². The number of rotatable bonds is 4. The van der Waals surface area contributed by atoms with Crippen LogP contribution in [-0.4, -0.2) is 11.8 Å². The molecule has 0 fully saturated rings. The second-order valence-electron chi connectivity index (χ2n) is 6.63. The first kappa shape index (κ1) is 18.2. The number of amides is 1. The van der Waals surface area contributed by atoms with Gasteiger partial charge in [-0.15, -0.1) is 11.6 Å². The first-order valence-corrected chi connectivity index (χ1v) is 8.83. The normalized spacial score (nSPS) is 16.9. The van der Waals surface area contributed by atoms with Crippen LogP contribution in [0.5, 0.6) is 0 Å². The molecule has 132 valence electrons. The van der Waals surface area contributed by atoms with Crippen molar-refractivity contribution in [3.8, 4) is 0 Å². The molecule has 2 aromatic rings. The Labute approximate surface area is 155 Å². The second kappa shape index (κ2) is 6.58. The summed E-state index contributed by atoms with van der Waals surface area (Å²) in [4.78, 5) is 14.5. The van der Waals surface area contributed by atoms with Crippen LogP contribution in [0, 0.1) is 11.6 Å². The molecular weight excluding hydrogens is 367 g/mol. The van der Waals surface area contributed by atoms with Crippen molar-refractivity contribution in [2.45, 2.75) is 31.7 Å². The number of halogens is 4. The lowest BCUT2D eigenvalue weighted by Crippen LogP contribution is -2.39. The zero-order chi connectivity index (χ0) is 18.4. The molecule has 0 N–H and O–H groups in total. The van der Waals surface area contributed by atoms with E-state index in [2.05, 4.69) is 0 Å². The Morgan fingerprint density at radius 1 is 1.20 bits per heavy atom. The number of benzene rings is 2. The zero-order valence-corrected chi connectivity index (χ0v) is 15.3. The van der Waals surface area contributed by atoms with Gasteiger partial charge in [0.25, 0.3) is 0 Å². The van der Waals surface area contributed by atoms with Crippen molar-refractivity contribution < 1.29 is 13.6 Å². The molecule has 0 saturated carbocycles. The molecule has 1 aliphatic rings. The molecule has 6 heteroatoms. The molecular formula is C19H17Cl2F2NO. The molecule has 1 heterocycles. The maximum atomic E-state index is 14.6. The summed E-state index contributed by atoms with van der Waals surface area (Å²) in [6.45, 7) is 3.51. The van der Waals surface area contributed by atoms with E-state index < -0.39 is 23.1 Å². The highest BCUT2D eigenvalue weighted by Crippen LogP contribution is 2.47. The summed E-state index contributed by atoms with van der Waals surface area (Å²) >= 11 is 11.9. The van der Waals surface area contributed by atoms with E-state index in [9.17, 15) is 13.6 Å². The van der Waals surface area contributed by atoms with Crippen molar-refractivity contribution in [2.24, 2.45) is 0 Å². The maximum absolute atomic E-state index is 14.6. The molecule has 25 heavy (non-hydrogen) atoms. The van der Waals surface area contributed by atoms with E-state index in [0.717, 1.165) is 0 Å². The number of para-hydroxylation sites is 1. The van der Waals surface area contributed by atoms with Gasteiger partial charge in [-0.05, 0) is 55.7 Å². The third-order valence-electron chi connectivity index (χ3n) is 4.62. The van der Waals surface area contributed by atoms with Crippen molar-refractivity contribution in [1.29, 1.82) is 0 Å². The average Bonchev–Trinajstić information content (AvgIpc) is 2.73. The van der Waals surface area contributed by atoms with E-state index in [1.807, 2.05) is 0 Å². The van der Waals surface area contributed by atoms with Gasteiger partial charge in [-0.3, -0.25) is 4.79 Å². The van der Waals surface area contributed by atoms with E-state index in [1.54, 1.807) is 32.0 Å². The Hall–Kier alpha value is -1.65. The summed E-state index contributed by atoms with van der Waals surface area (Å²) in [7, 11) is 0. The van der Waals surface area contributed by atoms with Crippen LogP contribution >= 0.6 is 23.2 Å². The van der Waals surface area contributed by atoms with Crippen molar-refractivity contribution in [2.75, 3.05) is 10.8 Å². The Balaban J connectivity index is 2.19. The largest absolute Gasteiger partial charge is 0.301 e. The molecule has 2 aromatic carbocycles. The quantitative estimate of drug-likeness (QED) is 0.628. The second-order valence-corrected chi connectivity index (χ2v) is 7.45. The summed E-state index contributed by atoms with van der Waals surface area (Å²) in [5.41, 5.74) is 0.456. The number of hydrogen-bond donors (Lipinski definition) is 0. The lowest BCUT2D eigenvalue weighted by atomic mass is 9.86. The number of hydrogen-bond acceptors (Lipinski definition) is 1. The van der Waals surface area contributed by atoms with E-state index in [1.165, 1.54) is 23.1 Å². The average molecular weight is 384 g/mol. The summed E-state index contributed by atoms with van der Waals surface area (Å²) in [6.07, 6.45) is 0.344. The van der Waals surface area contributed by atoms with Crippen LogP contribution in [0.4, 0.5) is 14.5 Å². The highest BCUT2D eigenvalue weighted by Gasteiger charge is 2.48. The first-order chi connectivity index (χ1) is 11.8. The SMILES string of the molecule is CC1(C)C(=O)N([C@H](CCCl)c2cc(F)cc(Cl)c2)c2c(F)cccc21. The summed E-state index contributed by atoms with van der Waals surface area (Å²) in [5, 5.41) is 0.217. The molecule has 0 unspecified atom stereocenters. The highest BCUT2D eigenvalue weighted by molar-refractivity contribution is 6.30. The molecule has 1 amide bonds. The Bertz CT molecular complexity index is 818. The Kier molecular flexibility index (Phi) is 4.78. The van der Waals surface area contributed by atoms with Crippen LogP contribution in [0.2, 0.25) is 5.02 Å². The van der Waals surface area contributed by atoms with Crippen molar-refractivity contribution in [3.05, 3.63) is 64.2 Å². The lowest BCUT2D eigenvalue weighted by Gasteiger charge is -2.30. The van der Waals surface area contributed by atoms with Crippen LogP contribution in [0.3, 0.4) is 0 Å². The third kappa shape index (κ3) is 3.02. The van der Waals surface area contributed by atoms with Gasteiger partial charge in [0.15, 0.2) is 0 Å². The highest BCUT2D eigenvalue weighted by atomic mass is 35.5. The summed E-state index contributed by atoms with van der Waals surface area (Å²) in [5.74, 6) is -1.02. The predicted molar refractivity (Wildman–Crippen MR) is 96.4 cm³/mol. The maximum Gasteiger partial charge on any atom is 0.237 e. The molecule has 1 aliphatic heterocycles. The molecule has 0 bridgehead atoms. The summed E-state index contributed by atoms with van der Waals surface area (Å²) < 4.78 is 28.5. The lowest BCUT2D eigenvalue weighted by molar-refractivity contribution is -0.122. The van der Waals surface area contributed by atoms with Crippen LogP contribution in [0.15, 0.2) is 36.4 Å². The van der Waals surface area contributed by atoms with Gasteiger partial charge in [-0.2, -0.15) is 0 Å². The van der Waals surface area contributed by atoms with Gasteiger partial charge in [0.2, 0.25) is 5.91 Å². The molecule has 0 saturated heterocycles. The van der Waals surface area contributed by atoms with Crippen molar-refractivity contribution in [1.82, 2.24) is 0 Å².